The first-order valence-electron chi connectivity index (χ1n) is 4.66. The zero-order chi connectivity index (χ0) is 10.7. The van der Waals surface area contributed by atoms with Gasteiger partial charge in [-0.2, -0.15) is 11.3 Å². The molecule has 76 valence electrons. The van der Waals surface area contributed by atoms with Gasteiger partial charge in [0.15, 0.2) is 5.78 Å². The van der Waals surface area contributed by atoms with Crippen molar-refractivity contribution in [1.29, 1.82) is 0 Å². The van der Waals surface area contributed by atoms with E-state index < -0.39 is 6.04 Å². The largest absolute Gasteiger partial charge is 0.318 e. The fourth-order valence-electron chi connectivity index (χ4n) is 1.40. The van der Waals surface area contributed by atoms with Crippen molar-refractivity contribution in [3.8, 4) is 0 Å². The second kappa shape index (κ2) is 4.38. The number of nitrogens with two attached hydrogens (primary N) is 1. The Balaban J connectivity index is 2.23. The van der Waals surface area contributed by atoms with Crippen molar-refractivity contribution in [3.63, 3.8) is 0 Å². The van der Waals surface area contributed by atoms with Crippen LogP contribution in [-0.2, 0) is 0 Å². The van der Waals surface area contributed by atoms with Crippen molar-refractivity contribution < 1.29 is 4.79 Å². The molecule has 0 bridgehead atoms. The van der Waals surface area contributed by atoms with Crippen molar-refractivity contribution in [2.24, 2.45) is 5.73 Å². The Morgan fingerprint density at radius 3 is 2.53 bits per heavy atom. The number of Topliss-reactive ketones (excluding diaryl/α,β-unsaturated/α-hetero) is 1. The van der Waals surface area contributed by atoms with E-state index in [4.69, 9.17) is 5.73 Å². The number of carbonyl (C=O) groups is 1. The molecule has 0 unspecified atom stereocenters. The summed E-state index contributed by atoms with van der Waals surface area (Å²) in [6.07, 6.45) is 0. The lowest BCUT2D eigenvalue weighted by molar-refractivity contribution is 0.0962. The highest BCUT2D eigenvalue weighted by Gasteiger charge is 2.17. The minimum Gasteiger partial charge on any atom is -0.318 e. The smallest absolute Gasteiger partial charge is 0.184 e. The zero-order valence-corrected chi connectivity index (χ0v) is 8.91. The van der Waals surface area contributed by atoms with Crippen LogP contribution in [-0.4, -0.2) is 5.78 Å². The van der Waals surface area contributed by atoms with Crippen LogP contribution in [0.4, 0.5) is 0 Å². The minimum absolute atomic E-state index is 0.0255. The molecule has 15 heavy (non-hydrogen) atoms. The topological polar surface area (TPSA) is 43.1 Å². The zero-order valence-electron chi connectivity index (χ0n) is 8.09. The standard InChI is InChI=1S/C12H11NOS/c13-11(9-4-2-1-3-5-9)12(14)10-6-7-15-8-10/h1-8,11H,13H2/t11-/m1/s1. The number of thiophene rings is 1. The molecule has 0 aliphatic carbocycles. The van der Waals surface area contributed by atoms with E-state index in [1.807, 2.05) is 41.1 Å². The van der Waals surface area contributed by atoms with Crippen LogP contribution in [0.3, 0.4) is 0 Å². The van der Waals surface area contributed by atoms with Gasteiger partial charge < -0.3 is 5.73 Å². The highest BCUT2D eigenvalue weighted by atomic mass is 32.1. The van der Waals surface area contributed by atoms with E-state index >= 15 is 0 Å². The number of rotatable bonds is 3. The van der Waals surface area contributed by atoms with Gasteiger partial charge in [-0.3, -0.25) is 4.79 Å². The summed E-state index contributed by atoms with van der Waals surface area (Å²) in [5.74, 6) is -0.0255. The molecule has 1 heterocycles. The molecular formula is C12H11NOS. The highest BCUT2D eigenvalue weighted by molar-refractivity contribution is 7.08. The molecule has 1 aromatic heterocycles. The van der Waals surface area contributed by atoms with Crippen LogP contribution in [0, 0.1) is 0 Å². The van der Waals surface area contributed by atoms with Crippen molar-refractivity contribution >= 4 is 17.1 Å². The van der Waals surface area contributed by atoms with Gasteiger partial charge in [-0.1, -0.05) is 30.3 Å². The van der Waals surface area contributed by atoms with E-state index in [0.29, 0.717) is 5.56 Å². The molecule has 0 saturated heterocycles. The summed E-state index contributed by atoms with van der Waals surface area (Å²) < 4.78 is 0. The van der Waals surface area contributed by atoms with Crippen molar-refractivity contribution in [1.82, 2.24) is 0 Å². The molecule has 2 aromatic rings. The molecule has 2 N–H and O–H groups in total. The van der Waals surface area contributed by atoms with Crippen LogP contribution in [0.5, 0.6) is 0 Å². The van der Waals surface area contributed by atoms with Crippen molar-refractivity contribution in [2.75, 3.05) is 0 Å². The predicted octanol–water partition coefficient (Wildman–Crippen LogP) is 2.63. The van der Waals surface area contributed by atoms with Crippen LogP contribution in [0.2, 0.25) is 0 Å². The fraction of sp³-hybridized carbons (Fsp3) is 0.0833. The van der Waals surface area contributed by atoms with Gasteiger partial charge in [0.2, 0.25) is 0 Å². The van der Waals surface area contributed by atoms with Crippen LogP contribution < -0.4 is 5.73 Å². The molecule has 1 atom stereocenters. The van der Waals surface area contributed by atoms with Gasteiger partial charge >= 0.3 is 0 Å². The Labute approximate surface area is 92.4 Å². The summed E-state index contributed by atoms with van der Waals surface area (Å²) in [4.78, 5) is 11.9. The second-order valence-corrected chi connectivity index (χ2v) is 4.04. The van der Waals surface area contributed by atoms with E-state index in [0.717, 1.165) is 5.56 Å². The average Bonchev–Trinajstić information content (AvgIpc) is 2.82. The van der Waals surface area contributed by atoms with E-state index in [9.17, 15) is 4.79 Å². The molecule has 0 spiro atoms. The number of benzene rings is 1. The molecule has 0 fully saturated rings. The highest BCUT2D eigenvalue weighted by Crippen LogP contribution is 2.17. The maximum absolute atomic E-state index is 11.9. The second-order valence-electron chi connectivity index (χ2n) is 3.26. The number of carbonyl (C=O) groups excluding carboxylic acids is 1. The van der Waals surface area contributed by atoms with Gasteiger partial charge in [-0.25, -0.2) is 0 Å². The number of hydrogen-bond acceptors (Lipinski definition) is 3. The Hall–Kier alpha value is -1.45. The minimum atomic E-state index is -0.555. The summed E-state index contributed by atoms with van der Waals surface area (Å²) in [7, 11) is 0. The van der Waals surface area contributed by atoms with Gasteiger partial charge in [0.05, 0.1) is 6.04 Å². The van der Waals surface area contributed by atoms with Gasteiger partial charge in [0.1, 0.15) is 0 Å². The van der Waals surface area contributed by atoms with E-state index in [2.05, 4.69) is 0 Å². The van der Waals surface area contributed by atoms with Crippen molar-refractivity contribution in [3.05, 3.63) is 58.3 Å². The lowest BCUT2D eigenvalue weighted by Crippen LogP contribution is -2.20. The average molecular weight is 217 g/mol. The summed E-state index contributed by atoms with van der Waals surface area (Å²) in [5, 5.41) is 3.70. The predicted molar refractivity (Wildman–Crippen MR) is 62.0 cm³/mol. The summed E-state index contributed by atoms with van der Waals surface area (Å²) in [6, 6.07) is 10.7. The Morgan fingerprint density at radius 2 is 1.93 bits per heavy atom. The fourth-order valence-corrected chi connectivity index (χ4v) is 2.04. The molecule has 0 aliphatic heterocycles. The van der Waals surface area contributed by atoms with Crippen LogP contribution >= 0.6 is 11.3 Å². The summed E-state index contributed by atoms with van der Waals surface area (Å²) >= 11 is 1.50. The monoisotopic (exact) mass is 217 g/mol. The van der Waals surface area contributed by atoms with E-state index in [1.54, 1.807) is 6.07 Å². The first-order chi connectivity index (χ1) is 7.29. The van der Waals surface area contributed by atoms with E-state index in [-0.39, 0.29) is 5.78 Å². The van der Waals surface area contributed by atoms with Gasteiger partial charge in [0, 0.05) is 10.9 Å². The first kappa shape index (κ1) is 10.1. The number of ketones is 1. The molecule has 2 nitrogen and oxygen atoms in total. The Kier molecular flexibility index (Phi) is 2.94. The number of hydrogen-bond donors (Lipinski definition) is 1. The molecule has 3 heteroatoms. The molecule has 0 radical (unpaired) electrons. The molecule has 2 rings (SSSR count). The van der Waals surface area contributed by atoms with Crippen LogP contribution in [0.15, 0.2) is 47.2 Å². The first-order valence-corrected chi connectivity index (χ1v) is 5.60. The van der Waals surface area contributed by atoms with Crippen molar-refractivity contribution in [2.45, 2.75) is 6.04 Å². The summed E-state index contributed by atoms with van der Waals surface area (Å²) in [6.45, 7) is 0. The maximum atomic E-state index is 11.9. The molecule has 0 aliphatic rings. The molecule has 0 amide bonds. The third-order valence-electron chi connectivity index (χ3n) is 2.25. The van der Waals surface area contributed by atoms with Crippen LogP contribution in [0.1, 0.15) is 22.0 Å². The molecular weight excluding hydrogens is 206 g/mol. The third kappa shape index (κ3) is 2.14. The summed E-state index contributed by atoms with van der Waals surface area (Å²) in [5.41, 5.74) is 7.43. The van der Waals surface area contributed by atoms with Gasteiger partial charge in [-0.05, 0) is 17.0 Å². The lowest BCUT2D eigenvalue weighted by atomic mass is 10.0. The quantitative estimate of drug-likeness (QED) is 0.803. The molecule has 1 aromatic carbocycles. The van der Waals surface area contributed by atoms with E-state index in [1.165, 1.54) is 11.3 Å². The third-order valence-corrected chi connectivity index (χ3v) is 2.93. The lowest BCUT2D eigenvalue weighted by Gasteiger charge is -2.09. The normalized spacial score (nSPS) is 12.3. The Bertz CT molecular complexity index is 436. The maximum Gasteiger partial charge on any atom is 0.184 e. The SMILES string of the molecule is N[C@@H](C(=O)c1ccsc1)c1ccccc1. The molecule has 0 saturated carbocycles. The van der Waals surface area contributed by atoms with Gasteiger partial charge in [-0.15, -0.1) is 0 Å². The van der Waals surface area contributed by atoms with Crippen LogP contribution in [0.25, 0.3) is 0 Å². The van der Waals surface area contributed by atoms with Gasteiger partial charge in [0.25, 0.3) is 0 Å². The Morgan fingerprint density at radius 1 is 1.20 bits per heavy atom.